The molecular weight excluding hydrogens is 344 g/mol. The van der Waals surface area contributed by atoms with Crippen molar-refractivity contribution >= 4 is 17.5 Å². The Morgan fingerprint density at radius 1 is 1.26 bits per heavy atom. The van der Waals surface area contributed by atoms with E-state index in [1.165, 1.54) is 4.68 Å². The Morgan fingerprint density at radius 3 is 2.89 bits per heavy atom. The van der Waals surface area contributed by atoms with Crippen LogP contribution in [0, 0.1) is 0 Å². The van der Waals surface area contributed by atoms with Crippen molar-refractivity contribution in [3.8, 4) is 11.1 Å². The van der Waals surface area contributed by atoms with Gasteiger partial charge in [-0.2, -0.15) is 5.10 Å². The molecule has 3 aromatic heterocycles. The molecule has 0 aromatic carbocycles. The zero-order valence-electron chi connectivity index (χ0n) is 14.8. The van der Waals surface area contributed by atoms with Crippen LogP contribution in [0.15, 0.2) is 36.8 Å². The number of aromatic nitrogens is 5. The number of nitrogens with two attached hydrogens (primary N) is 1. The second-order valence-corrected chi connectivity index (χ2v) is 6.32. The largest absolute Gasteiger partial charge is 0.480 e. The van der Waals surface area contributed by atoms with Crippen LogP contribution >= 0.6 is 0 Å². The van der Waals surface area contributed by atoms with Gasteiger partial charge in [0.05, 0.1) is 17.6 Å². The fraction of sp³-hybridized carbons (Fsp3) is 0.211. The Hall–Kier alpha value is -3.55. The molecule has 0 bridgehead atoms. The van der Waals surface area contributed by atoms with E-state index in [0.29, 0.717) is 0 Å². The molecule has 0 amide bonds. The molecule has 3 N–H and O–H groups in total. The average Bonchev–Trinajstić information content (AvgIpc) is 3.26. The number of rotatable bonds is 5. The number of aryl methyl sites for hydroxylation is 1. The summed E-state index contributed by atoms with van der Waals surface area (Å²) in [6.07, 6.45) is 8.73. The molecule has 0 fully saturated rings. The number of nitrogens with zero attached hydrogens (tertiary/aromatic N) is 5. The number of fused-ring (bicyclic) bond motifs is 1. The molecule has 0 unspecified atom stereocenters. The second kappa shape index (κ2) is 6.64. The van der Waals surface area contributed by atoms with Crippen molar-refractivity contribution in [1.29, 1.82) is 0 Å². The minimum atomic E-state index is -0.935. The Morgan fingerprint density at radius 2 is 2.11 bits per heavy atom. The minimum absolute atomic E-state index is 0.177. The summed E-state index contributed by atoms with van der Waals surface area (Å²) in [5.41, 5.74) is 12.2. The third-order valence-corrected chi connectivity index (χ3v) is 4.46. The summed E-state index contributed by atoms with van der Waals surface area (Å²) in [6, 6.07) is 3.99. The van der Waals surface area contributed by atoms with E-state index in [9.17, 15) is 4.79 Å². The normalized spacial score (nSPS) is 12.7. The number of anilines is 1. The molecule has 8 heteroatoms. The lowest BCUT2D eigenvalue weighted by Crippen LogP contribution is -2.08. The molecule has 4 rings (SSSR count). The number of carboxylic acids is 1. The molecule has 0 saturated heterocycles. The highest BCUT2D eigenvalue weighted by atomic mass is 16.4. The van der Waals surface area contributed by atoms with Gasteiger partial charge in [-0.3, -0.25) is 14.5 Å². The lowest BCUT2D eigenvalue weighted by molar-refractivity contribution is -0.137. The Labute approximate surface area is 155 Å². The SMILES string of the molecule is CCc1cc(C2=CCc3ncc(-c4cnn(CC(=O)O)c4)cc32)nc(N)n1. The third-order valence-electron chi connectivity index (χ3n) is 4.46. The van der Waals surface area contributed by atoms with Gasteiger partial charge in [-0.1, -0.05) is 13.0 Å². The minimum Gasteiger partial charge on any atom is -0.480 e. The third kappa shape index (κ3) is 3.29. The predicted octanol–water partition coefficient (Wildman–Crippen LogP) is 1.95. The van der Waals surface area contributed by atoms with Crippen molar-refractivity contribution in [2.75, 3.05) is 5.73 Å². The number of nitrogen functional groups attached to an aromatic ring is 1. The Kier molecular flexibility index (Phi) is 4.15. The van der Waals surface area contributed by atoms with Crippen LogP contribution < -0.4 is 5.73 Å². The van der Waals surface area contributed by atoms with E-state index in [0.717, 1.165) is 52.2 Å². The fourth-order valence-corrected chi connectivity index (χ4v) is 3.17. The summed E-state index contributed by atoms with van der Waals surface area (Å²) in [5, 5.41) is 13.0. The van der Waals surface area contributed by atoms with E-state index in [1.807, 2.05) is 19.1 Å². The van der Waals surface area contributed by atoms with Crippen molar-refractivity contribution in [3.05, 3.63) is 59.4 Å². The summed E-state index contributed by atoms with van der Waals surface area (Å²) in [7, 11) is 0. The van der Waals surface area contributed by atoms with Gasteiger partial charge in [-0.05, 0) is 18.6 Å². The Balaban J connectivity index is 1.71. The van der Waals surface area contributed by atoms with Crippen LogP contribution in [0.3, 0.4) is 0 Å². The van der Waals surface area contributed by atoms with Crippen LogP contribution in [0.1, 0.15) is 29.6 Å². The molecule has 1 aliphatic carbocycles. The van der Waals surface area contributed by atoms with Gasteiger partial charge in [0.25, 0.3) is 0 Å². The van der Waals surface area contributed by atoms with Crippen LogP contribution in [0.2, 0.25) is 0 Å². The van der Waals surface area contributed by atoms with Gasteiger partial charge >= 0.3 is 5.97 Å². The van der Waals surface area contributed by atoms with Gasteiger partial charge in [0.2, 0.25) is 5.95 Å². The van der Waals surface area contributed by atoms with Crippen molar-refractivity contribution in [2.24, 2.45) is 0 Å². The van der Waals surface area contributed by atoms with E-state index < -0.39 is 5.97 Å². The predicted molar refractivity (Wildman–Crippen MR) is 99.7 cm³/mol. The van der Waals surface area contributed by atoms with E-state index in [2.05, 4.69) is 26.1 Å². The zero-order valence-corrected chi connectivity index (χ0v) is 14.8. The first kappa shape index (κ1) is 16.9. The summed E-state index contributed by atoms with van der Waals surface area (Å²) in [5.74, 6) is -0.673. The lowest BCUT2D eigenvalue weighted by atomic mass is 10.0. The van der Waals surface area contributed by atoms with Crippen LogP contribution in [-0.2, 0) is 24.2 Å². The Bertz CT molecular complexity index is 1070. The summed E-state index contributed by atoms with van der Waals surface area (Å²) < 4.78 is 1.39. The van der Waals surface area contributed by atoms with Crippen molar-refractivity contribution in [2.45, 2.75) is 26.3 Å². The summed E-state index contributed by atoms with van der Waals surface area (Å²) in [6.45, 7) is 1.85. The fourth-order valence-electron chi connectivity index (χ4n) is 3.17. The molecule has 0 radical (unpaired) electrons. The smallest absolute Gasteiger partial charge is 0.325 e. The molecule has 0 saturated carbocycles. The lowest BCUT2D eigenvalue weighted by Gasteiger charge is -2.09. The molecule has 1 aliphatic rings. The topological polar surface area (TPSA) is 120 Å². The van der Waals surface area contributed by atoms with Crippen LogP contribution in [0.25, 0.3) is 16.7 Å². The van der Waals surface area contributed by atoms with Gasteiger partial charge in [-0.25, -0.2) is 9.97 Å². The van der Waals surface area contributed by atoms with Gasteiger partial charge in [-0.15, -0.1) is 0 Å². The molecular formula is C19H18N6O2. The first-order chi connectivity index (χ1) is 13.0. The highest BCUT2D eigenvalue weighted by molar-refractivity contribution is 5.84. The molecule has 136 valence electrons. The van der Waals surface area contributed by atoms with Gasteiger partial charge in [0.15, 0.2) is 0 Å². The van der Waals surface area contributed by atoms with Gasteiger partial charge in [0, 0.05) is 46.8 Å². The second-order valence-electron chi connectivity index (χ2n) is 6.32. The molecule has 27 heavy (non-hydrogen) atoms. The van der Waals surface area contributed by atoms with Crippen LogP contribution in [0.4, 0.5) is 5.95 Å². The number of carbonyl (C=O) groups is 1. The monoisotopic (exact) mass is 362 g/mol. The zero-order chi connectivity index (χ0) is 19.0. The first-order valence-corrected chi connectivity index (χ1v) is 8.61. The highest BCUT2D eigenvalue weighted by Gasteiger charge is 2.20. The van der Waals surface area contributed by atoms with E-state index in [1.54, 1.807) is 18.6 Å². The van der Waals surface area contributed by atoms with Gasteiger partial charge in [0.1, 0.15) is 6.54 Å². The first-order valence-electron chi connectivity index (χ1n) is 8.61. The number of hydrogen-bond donors (Lipinski definition) is 2. The summed E-state index contributed by atoms with van der Waals surface area (Å²) in [4.78, 5) is 24.0. The van der Waals surface area contributed by atoms with E-state index >= 15 is 0 Å². The molecule has 3 heterocycles. The van der Waals surface area contributed by atoms with E-state index in [4.69, 9.17) is 10.8 Å². The molecule has 0 aliphatic heterocycles. The molecule has 8 nitrogen and oxygen atoms in total. The number of carboxylic acid groups (broad SMARTS) is 1. The maximum atomic E-state index is 10.8. The van der Waals surface area contributed by atoms with Crippen LogP contribution in [-0.4, -0.2) is 35.8 Å². The molecule has 0 atom stereocenters. The van der Waals surface area contributed by atoms with E-state index in [-0.39, 0.29) is 12.5 Å². The molecule has 0 spiro atoms. The maximum Gasteiger partial charge on any atom is 0.325 e. The van der Waals surface area contributed by atoms with Crippen molar-refractivity contribution in [1.82, 2.24) is 24.7 Å². The van der Waals surface area contributed by atoms with Crippen molar-refractivity contribution < 1.29 is 9.90 Å². The number of hydrogen-bond acceptors (Lipinski definition) is 6. The standard InChI is InChI=1S/C19H18N6O2/c1-2-13-6-17(24-19(20)23-13)14-3-4-16-15(14)5-11(7-21-16)12-8-22-25(9-12)10-18(26)27/h3,5-9H,2,4,10H2,1H3,(H,26,27)(H2,20,23,24). The number of aliphatic carboxylic acids is 1. The highest BCUT2D eigenvalue weighted by Crippen LogP contribution is 2.34. The van der Waals surface area contributed by atoms with Gasteiger partial charge < -0.3 is 10.8 Å². The van der Waals surface area contributed by atoms with Crippen molar-refractivity contribution in [3.63, 3.8) is 0 Å². The number of allylic oxidation sites excluding steroid dienone is 1. The average molecular weight is 362 g/mol. The number of pyridine rings is 1. The quantitative estimate of drug-likeness (QED) is 0.712. The summed E-state index contributed by atoms with van der Waals surface area (Å²) >= 11 is 0. The molecule has 3 aromatic rings. The maximum absolute atomic E-state index is 10.8. The van der Waals surface area contributed by atoms with Crippen LogP contribution in [0.5, 0.6) is 0 Å².